The Labute approximate surface area is 277 Å². The molecule has 1 aliphatic heterocycles. The number of nitrogens with one attached hydrogen (secondary N) is 2. The molecule has 4 N–H and O–H groups in total. The number of aliphatic hydroxyl groups is 2. The van der Waals surface area contributed by atoms with Crippen LogP contribution >= 0.6 is 11.6 Å². The number of para-hydroxylation sites is 2. The maximum atomic E-state index is 12.2. The molecule has 0 bridgehead atoms. The Bertz CT molecular complexity index is 1510. The van der Waals surface area contributed by atoms with Gasteiger partial charge in [0.25, 0.3) is 0 Å². The molecule has 12 nitrogen and oxygen atoms in total. The van der Waals surface area contributed by atoms with E-state index in [1.807, 2.05) is 6.08 Å². The number of rotatable bonds is 11. The normalized spacial score (nSPS) is 20.5. The molecule has 0 radical (unpaired) electrons. The van der Waals surface area contributed by atoms with Crippen LogP contribution in [-0.2, 0) is 14.8 Å². The number of benzene rings is 1. The quantitative estimate of drug-likeness (QED) is 0.275. The number of halogens is 1. The van der Waals surface area contributed by atoms with Crippen LogP contribution in [0, 0.1) is 0 Å². The van der Waals surface area contributed by atoms with Crippen LogP contribution in [-0.4, -0.2) is 110 Å². The minimum atomic E-state index is -3.50. The van der Waals surface area contributed by atoms with Gasteiger partial charge in [-0.05, 0) is 55.9 Å². The predicted octanol–water partition coefficient (Wildman–Crippen LogP) is 3.96. The molecular formula is C32H46ClN7O5S. The van der Waals surface area contributed by atoms with Crippen molar-refractivity contribution < 1.29 is 23.4 Å². The van der Waals surface area contributed by atoms with Crippen LogP contribution < -0.4 is 14.9 Å². The summed E-state index contributed by atoms with van der Waals surface area (Å²) in [6.07, 6.45) is 10.6. The average molecular weight is 676 g/mol. The Morgan fingerprint density at radius 2 is 1.93 bits per heavy atom. The summed E-state index contributed by atoms with van der Waals surface area (Å²) in [4.78, 5) is 13.8. The molecule has 1 saturated heterocycles. The van der Waals surface area contributed by atoms with Crippen molar-refractivity contribution in [2.75, 3.05) is 74.7 Å². The van der Waals surface area contributed by atoms with Crippen molar-refractivity contribution in [1.29, 1.82) is 0 Å². The van der Waals surface area contributed by atoms with Gasteiger partial charge in [0.2, 0.25) is 16.0 Å². The lowest BCUT2D eigenvalue weighted by Crippen LogP contribution is -2.52. The highest BCUT2D eigenvalue weighted by Gasteiger charge is 2.25. The third kappa shape index (κ3) is 9.66. The maximum Gasteiger partial charge on any atom is 0.232 e. The lowest BCUT2D eigenvalue weighted by atomic mass is 9.99. The van der Waals surface area contributed by atoms with Gasteiger partial charge in [0.15, 0.2) is 5.82 Å². The summed E-state index contributed by atoms with van der Waals surface area (Å²) >= 11 is 6.47. The Morgan fingerprint density at radius 1 is 1.20 bits per heavy atom. The fourth-order valence-electron chi connectivity index (χ4n) is 5.75. The first-order valence-electron chi connectivity index (χ1n) is 15.5. The molecular weight excluding hydrogens is 630 g/mol. The fourth-order valence-corrected chi connectivity index (χ4v) is 6.40. The van der Waals surface area contributed by atoms with Gasteiger partial charge in [-0.15, -0.1) is 0 Å². The molecule has 1 aromatic carbocycles. The summed E-state index contributed by atoms with van der Waals surface area (Å²) < 4.78 is 31.5. The van der Waals surface area contributed by atoms with Gasteiger partial charge < -0.3 is 25.6 Å². The molecule has 14 heteroatoms. The molecule has 2 aliphatic rings. The second-order valence-corrected chi connectivity index (χ2v) is 14.1. The van der Waals surface area contributed by atoms with Crippen molar-refractivity contribution in [2.45, 2.75) is 44.2 Å². The van der Waals surface area contributed by atoms with Crippen molar-refractivity contribution in [3.05, 3.63) is 71.2 Å². The van der Waals surface area contributed by atoms with Gasteiger partial charge in [0.05, 0.1) is 49.3 Å². The van der Waals surface area contributed by atoms with Crippen LogP contribution in [0.25, 0.3) is 0 Å². The number of nitrogens with zero attached hydrogens (tertiary/aromatic N) is 5. The highest BCUT2D eigenvalue weighted by Crippen LogP contribution is 2.32. The van der Waals surface area contributed by atoms with Gasteiger partial charge in [-0.1, -0.05) is 36.4 Å². The molecule has 2 atom stereocenters. The Kier molecular flexibility index (Phi) is 12.8. The summed E-state index contributed by atoms with van der Waals surface area (Å²) in [5.41, 5.74) is 2.50. The zero-order chi connectivity index (χ0) is 33.3. The number of ether oxygens (including phenoxy) is 1. The van der Waals surface area contributed by atoms with E-state index in [1.54, 1.807) is 31.4 Å². The van der Waals surface area contributed by atoms with Crippen molar-refractivity contribution in [1.82, 2.24) is 19.8 Å². The summed E-state index contributed by atoms with van der Waals surface area (Å²) in [5.74, 6) is 1.21. The number of sulfonamides is 1. The number of hydrogen-bond acceptors (Lipinski definition) is 11. The predicted molar refractivity (Wildman–Crippen MR) is 184 cm³/mol. The third-order valence-corrected chi connectivity index (χ3v) is 9.79. The lowest BCUT2D eigenvalue weighted by molar-refractivity contribution is 0.0289. The number of methoxy groups -OCH3 is 1. The summed E-state index contributed by atoms with van der Waals surface area (Å²) in [7, 11) is -0.388. The molecule has 46 heavy (non-hydrogen) atoms. The van der Waals surface area contributed by atoms with Gasteiger partial charge >= 0.3 is 0 Å². The third-order valence-electron chi connectivity index (χ3n) is 8.32. The number of β-amino-alcohol motifs (C(OH)–C–C–N with tert-alkyl or cyclic N) is 1. The number of anilines is 4. The van der Waals surface area contributed by atoms with E-state index in [1.165, 1.54) is 17.5 Å². The van der Waals surface area contributed by atoms with E-state index in [0.29, 0.717) is 41.2 Å². The molecule has 2 heterocycles. The van der Waals surface area contributed by atoms with E-state index in [-0.39, 0.29) is 17.6 Å². The first-order chi connectivity index (χ1) is 22.0. The van der Waals surface area contributed by atoms with Crippen molar-refractivity contribution in [3.63, 3.8) is 0 Å². The van der Waals surface area contributed by atoms with Crippen LogP contribution in [0.4, 0.5) is 23.1 Å². The van der Waals surface area contributed by atoms with E-state index in [9.17, 15) is 18.6 Å². The van der Waals surface area contributed by atoms with E-state index < -0.39 is 16.1 Å². The zero-order valence-electron chi connectivity index (χ0n) is 26.8. The van der Waals surface area contributed by atoms with Crippen LogP contribution in [0.15, 0.2) is 66.2 Å². The maximum absolute atomic E-state index is 12.2. The van der Waals surface area contributed by atoms with Crippen LogP contribution in [0.3, 0.4) is 0 Å². The molecule has 1 aliphatic carbocycles. The van der Waals surface area contributed by atoms with E-state index >= 15 is 0 Å². The summed E-state index contributed by atoms with van der Waals surface area (Å²) in [6.45, 7) is 8.23. The van der Waals surface area contributed by atoms with E-state index in [2.05, 4.69) is 43.1 Å². The van der Waals surface area contributed by atoms with Gasteiger partial charge in [0.1, 0.15) is 10.8 Å². The highest BCUT2D eigenvalue weighted by atomic mass is 35.5. The first kappa shape index (κ1) is 35.7. The summed E-state index contributed by atoms with van der Waals surface area (Å²) in [6, 6.07) is 7.42. The number of piperazine rings is 1. The van der Waals surface area contributed by atoms with Gasteiger partial charge in [-0.2, -0.15) is 4.98 Å². The van der Waals surface area contributed by atoms with Crippen molar-refractivity contribution >= 4 is 44.8 Å². The standard InChI is InChI=1S/C32H46ClN7O5S/c1-23-10-9-12-24(40-18-16-39(17-19-40)21-25(42)22-41)11-5-6-14-28(30(23)45-3)36-32-34-20-26(33)31(37-32)35-27-13-7-8-15-29(27)38(2)46(4,43)44/h6-8,13-15,20,24-25,41-42H,1,5,9-12,16-19,21-22H2,2-4H3,(H2,34,35,36,37)/b14-6-,30-28?/t24?,25-/m1/s1. The zero-order valence-corrected chi connectivity index (χ0v) is 28.4. The Morgan fingerprint density at radius 3 is 2.63 bits per heavy atom. The SMILES string of the molecule is C=C1CCCC(N2CCN(C[C@@H](O)CO)CC2)CC/C=C\C(Nc2ncc(Cl)c(Nc3ccccc3N(C)S(C)(=O)=O)n2)=C1OC. The fraction of sp³-hybridized carbons (Fsp3) is 0.500. The largest absolute Gasteiger partial charge is 0.494 e. The number of hydrogen-bond donors (Lipinski definition) is 4. The van der Waals surface area contributed by atoms with E-state index in [4.69, 9.17) is 16.3 Å². The van der Waals surface area contributed by atoms with Crippen molar-refractivity contribution in [3.8, 4) is 0 Å². The van der Waals surface area contributed by atoms with E-state index in [0.717, 1.165) is 70.1 Å². The molecule has 0 spiro atoms. The minimum absolute atomic E-state index is 0.213. The first-order valence-corrected chi connectivity index (χ1v) is 17.7. The van der Waals surface area contributed by atoms with Gasteiger partial charge in [0, 0.05) is 45.8 Å². The average Bonchev–Trinajstić information content (AvgIpc) is 3.06. The molecule has 252 valence electrons. The number of aliphatic hydroxyl groups excluding tert-OH is 2. The summed E-state index contributed by atoms with van der Waals surface area (Å²) in [5, 5.41) is 25.7. The molecule has 4 rings (SSSR count). The number of aromatic nitrogens is 2. The van der Waals surface area contributed by atoms with Crippen molar-refractivity contribution in [2.24, 2.45) is 0 Å². The smallest absolute Gasteiger partial charge is 0.232 e. The second kappa shape index (κ2) is 16.6. The topological polar surface area (TPSA) is 143 Å². The Balaban J connectivity index is 1.49. The molecule has 0 saturated carbocycles. The minimum Gasteiger partial charge on any atom is -0.494 e. The van der Waals surface area contributed by atoms with Gasteiger partial charge in [-0.25, -0.2) is 13.4 Å². The highest BCUT2D eigenvalue weighted by molar-refractivity contribution is 7.92. The molecule has 0 amide bonds. The number of allylic oxidation sites excluding steroid dienone is 3. The lowest BCUT2D eigenvalue weighted by Gasteiger charge is -2.40. The van der Waals surface area contributed by atoms with Crippen LogP contribution in [0.1, 0.15) is 32.1 Å². The van der Waals surface area contributed by atoms with Gasteiger partial charge in [-0.3, -0.25) is 14.1 Å². The second-order valence-electron chi connectivity index (χ2n) is 11.6. The molecule has 1 fully saturated rings. The molecule has 1 unspecified atom stereocenters. The monoisotopic (exact) mass is 675 g/mol. The van der Waals surface area contributed by atoms with Crippen LogP contribution in [0.2, 0.25) is 5.02 Å². The molecule has 2 aromatic rings. The van der Waals surface area contributed by atoms with Crippen LogP contribution in [0.5, 0.6) is 0 Å². The molecule has 1 aromatic heterocycles. The Hall–Kier alpha value is -3.20.